The Labute approximate surface area is 187 Å². The number of anilines is 1. The summed E-state index contributed by atoms with van der Waals surface area (Å²) in [6, 6.07) is 3.69. The summed E-state index contributed by atoms with van der Waals surface area (Å²) in [7, 11) is 0. The first kappa shape index (κ1) is 25.9. The Hall–Kier alpha value is -3.37. The number of nitrogens with zero attached hydrogens (tertiary/aromatic N) is 1. The van der Waals surface area contributed by atoms with Crippen LogP contribution in [0.3, 0.4) is 0 Å². The number of rotatable bonds is 11. The van der Waals surface area contributed by atoms with E-state index < -0.39 is 55.1 Å². The number of halogens is 3. The summed E-state index contributed by atoms with van der Waals surface area (Å²) in [5, 5.41) is 32.5. The summed E-state index contributed by atoms with van der Waals surface area (Å²) < 4.78 is 44.2. The number of alkyl halides is 2. The molecule has 0 saturated carbocycles. The second-order valence-corrected chi connectivity index (χ2v) is 6.70. The summed E-state index contributed by atoms with van der Waals surface area (Å²) in [5.41, 5.74) is -1.72. The van der Waals surface area contributed by atoms with Crippen molar-refractivity contribution in [1.82, 2.24) is 5.48 Å². The number of carbonyl (C=O) groups is 1. The second kappa shape index (κ2) is 12.0. The van der Waals surface area contributed by atoms with Crippen LogP contribution in [-0.4, -0.2) is 71.8 Å². The van der Waals surface area contributed by atoms with Gasteiger partial charge < -0.3 is 25.5 Å². The molecule has 2 rings (SSSR count). The highest BCUT2D eigenvalue weighted by Crippen LogP contribution is 2.32. The van der Waals surface area contributed by atoms with Gasteiger partial charge in [-0.05, 0) is 30.4 Å². The van der Waals surface area contributed by atoms with E-state index in [9.17, 15) is 18.7 Å². The minimum absolute atomic E-state index is 0.172. The molecule has 0 fully saturated rings. The van der Waals surface area contributed by atoms with E-state index in [-0.39, 0.29) is 23.6 Å². The Morgan fingerprint density at radius 3 is 2.82 bits per heavy atom. The number of oxime groups is 1. The fourth-order valence-corrected chi connectivity index (χ4v) is 2.52. The Bertz CT molecular complexity index is 978. The number of hydroxylamine groups is 1. The molecule has 9 nitrogen and oxygen atoms in total. The molecule has 33 heavy (non-hydrogen) atoms. The van der Waals surface area contributed by atoms with Crippen LogP contribution in [0.2, 0.25) is 0 Å². The van der Waals surface area contributed by atoms with Crippen molar-refractivity contribution in [3.05, 3.63) is 53.0 Å². The van der Waals surface area contributed by atoms with Gasteiger partial charge in [-0.15, -0.1) is 6.42 Å². The predicted octanol–water partition coefficient (Wildman–Crippen LogP) is 0.485. The van der Waals surface area contributed by atoms with Crippen molar-refractivity contribution in [2.24, 2.45) is 5.16 Å². The van der Waals surface area contributed by atoms with Gasteiger partial charge in [0.2, 0.25) is 5.67 Å². The fraction of sp³-hybridized carbons (Fsp3) is 0.333. The van der Waals surface area contributed by atoms with Gasteiger partial charge in [0.15, 0.2) is 6.17 Å². The third kappa shape index (κ3) is 7.06. The van der Waals surface area contributed by atoms with Crippen LogP contribution in [0, 0.1) is 18.2 Å². The number of nitrogens with one attached hydrogen (secondary N) is 2. The Balaban J connectivity index is 2.33. The summed E-state index contributed by atoms with van der Waals surface area (Å²) in [6.45, 7) is -1.81. The molecule has 0 spiro atoms. The maximum absolute atomic E-state index is 15.2. The molecule has 178 valence electrons. The van der Waals surface area contributed by atoms with Crippen molar-refractivity contribution in [2.45, 2.75) is 17.9 Å². The first-order valence-electron chi connectivity index (χ1n) is 9.53. The molecule has 1 aromatic rings. The standard InChI is InChI=1S/C21H22F3N3O6/c1-2-13-3-4-17(16(22)7-13)26-18-8-19(23)21(24,12-25-32-6-5-28)9-15(18)20(31)27-33-11-14(30)10-29/h1,3-4,7-9,12,14,19,26,28-30H,5-6,10-11H2,(H,27,31)/b25-12+. The lowest BCUT2D eigenvalue weighted by Gasteiger charge is -2.27. The van der Waals surface area contributed by atoms with E-state index in [0.717, 1.165) is 6.07 Å². The number of carbonyl (C=O) groups excluding carboxylic acids is 1. The molecule has 1 aromatic carbocycles. The topological polar surface area (TPSA) is 133 Å². The van der Waals surface area contributed by atoms with Crippen LogP contribution in [0.1, 0.15) is 5.56 Å². The van der Waals surface area contributed by atoms with Crippen molar-refractivity contribution in [3.63, 3.8) is 0 Å². The van der Waals surface area contributed by atoms with Gasteiger partial charge >= 0.3 is 0 Å². The van der Waals surface area contributed by atoms with Crippen molar-refractivity contribution in [1.29, 1.82) is 0 Å². The molecule has 3 unspecified atom stereocenters. The van der Waals surface area contributed by atoms with Crippen LogP contribution in [0.4, 0.5) is 18.9 Å². The van der Waals surface area contributed by atoms with E-state index in [0.29, 0.717) is 18.4 Å². The number of hydrogen-bond donors (Lipinski definition) is 5. The van der Waals surface area contributed by atoms with Crippen molar-refractivity contribution >= 4 is 17.8 Å². The minimum atomic E-state index is -2.93. The summed E-state index contributed by atoms with van der Waals surface area (Å²) in [6.07, 6.45) is 3.31. The molecule has 0 aromatic heterocycles. The van der Waals surface area contributed by atoms with E-state index in [1.807, 2.05) is 5.48 Å². The van der Waals surface area contributed by atoms with Gasteiger partial charge in [-0.1, -0.05) is 11.1 Å². The average Bonchev–Trinajstić information content (AvgIpc) is 2.80. The molecular weight excluding hydrogens is 447 g/mol. The van der Waals surface area contributed by atoms with E-state index >= 15 is 4.39 Å². The Morgan fingerprint density at radius 2 is 2.18 bits per heavy atom. The molecule has 0 saturated heterocycles. The smallest absolute Gasteiger partial charge is 0.276 e. The van der Waals surface area contributed by atoms with Gasteiger partial charge in [-0.2, -0.15) is 0 Å². The molecule has 0 radical (unpaired) electrons. The van der Waals surface area contributed by atoms with Crippen LogP contribution in [-0.2, 0) is 14.5 Å². The molecule has 1 aliphatic carbocycles. The van der Waals surface area contributed by atoms with Crippen molar-refractivity contribution in [2.75, 3.05) is 31.7 Å². The Morgan fingerprint density at radius 1 is 1.42 bits per heavy atom. The quantitative estimate of drug-likeness (QED) is 0.138. The van der Waals surface area contributed by atoms with Gasteiger partial charge in [0.05, 0.1) is 36.4 Å². The first-order valence-corrected chi connectivity index (χ1v) is 9.53. The summed E-state index contributed by atoms with van der Waals surface area (Å²) >= 11 is 0. The molecule has 1 aliphatic rings. The van der Waals surface area contributed by atoms with Gasteiger partial charge in [-0.3, -0.25) is 9.63 Å². The van der Waals surface area contributed by atoms with Gasteiger partial charge in [-0.25, -0.2) is 18.7 Å². The molecule has 0 bridgehead atoms. The zero-order chi connectivity index (χ0) is 24.4. The number of hydrogen-bond acceptors (Lipinski definition) is 8. The number of aliphatic hydroxyl groups excluding tert-OH is 3. The number of aliphatic hydroxyl groups is 3. The molecule has 3 atom stereocenters. The minimum Gasteiger partial charge on any atom is -0.394 e. The molecule has 0 heterocycles. The largest absolute Gasteiger partial charge is 0.394 e. The highest BCUT2D eigenvalue weighted by molar-refractivity contribution is 6.00. The number of benzene rings is 1. The second-order valence-electron chi connectivity index (χ2n) is 6.70. The summed E-state index contributed by atoms with van der Waals surface area (Å²) in [5.74, 6) is 0.368. The van der Waals surface area contributed by atoms with Gasteiger partial charge in [0, 0.05) is 5.56 Å². The van der Waals surface area contributed by atoms with E-state index in [4.69, 9.17) is 21.5 Å². The maximum atomic E-state index is 15.2. The molecule has 1 amide bonds. The predicted molar refractivity (Wildman–Crippen MR) is 112 cm³/mol. The van der Waals surface area contributed by atoms with E-state index in [1.165, 1.54) is 12.1 Å². The Kier molecular flexibility index (Phi) is 9.43. The van der Waals surface area contributed by atoms with Crippen LogP contribution in [0.15, 0.2) is 46.8 Å². The zero-order valence-electron chi connectivity index (χ0n) is 17.2. The lowest BCUT2D eigenvalue weighted by Crippen LogP contribution is -2.41. The van der Waals surface area contributed by atoms with Crippen LogP contribution in [0.5, 0.6) is 0 Å². The van der Waals surface area contributed by atoms with E-state index in [2.05, 4.69) is 21.2 Å². The van der Waals surface area contributed by atoms with Crippen molar-refractivity contribution in [3.8, 4) is 12.3 Å². The van der Waals surface area contributed by atoms with Crippen LogP contribution < -0.4 is 10.8 Å². The lowest BCUT2D eigenvalue weighted by atomic mass is 9.90. The first-order chi connectivity index (χ1) is 15.7. The zero-order valence-corrected chi connectivity index (χ0v) is 17.2. The maximum Gasteiger partial charge on any atom is 0.276 e. The van der Waals surface area contributed by atoms with E-state index in [1.54, 1.807) is 0 Å². The third-order valence-electron chi connectivity index (χ3n) is 4.20. The number of amides is 1. The molecule has 0 aliphatic heterocycles. The van der Waals surface area contributed by atoms with Crippen LogP contribution in [0.25, 0.3) is 0 Å². The monoisotopic (exact) mass is 469 g/mol. The lowest BCUT2D eigenvalue weighted by molar-refractivity contribution is -0.132. The average molecular weight is 469 g/mol. The third-order valence-corrected chi connectivity index (χ3v) is 4.20. The highest BCUT2D eigenvalue weighted by atomic mass is 19.2. The normalized spacial score (nSPS) is 21.1. The molecular formula is C21H22F3N3O6. The number of allylic oxidation sites excluding steroid dienone is 2. The SMILES string of the molecule is C#Cc1ccc(NC2=CC(F)C(F)(/C=N/OCCO)C=C2C(=O)NOCC(O)CO)c(F)c1. The van der Waals surface area contributed by atoms with Gasteiger partial charge in [0.1, 0.15) is 25.1 Å². The molecule has 12 heteroatoms. The summed E-state index contributed by atoms with van der Waals surface area (Å²) in [4.78, 5) is 21.9. The van der Waals surface area contributed by atoms with Crippen molar-refractivity contribution < 1.29 is 43.0 Å². The highest BCUT2D eigenvalue weighted by Gasteiger charge is 2.41. The fourth-order valence-electron chi connectivity index (χ4n) is 2.52. The van der Waals surface area contributed by atoms with Crippen LogP contribution >= 0.6 is 0 Å². The molecule has 5 N–H and O–H groups in total. The van der Waals surface area contributed by atoms with Gasteiger partial charge in [0.25, 0.3) is 5.91 Å². The number of terminal acetylenes is 1.